The first-order valence-corrected chi connectivity index (χ1v) is 4.50. The highest BCUT2D eigenvalue weighted by Crippen LogP contribution is 1.99. The minimum Gasteiger partial charge on any atom is -0.478 e. The Bertz CT molecular complexity index is 196. The van der Waals surface area contributed by atoms with Crippen LogP contribution in [-0.2, 0) is 14.3 Å². The number of carboxylic acids is 1. The normalized spacial score (nSPS) is 8.21. The average Bonchev–Trinajstić information content (AvgIpc) is 2.05. The number of ether oxygens (including phenoxy) is 1. The van der Waals surface area contributed by atoms with Crippen molar-refractivity contribution >= 4 is 11.9 Å². The van der Waals surface area contributed by atoms with E-state index in [0.717, 1.165) is 6.42 Å². The van der Waals surface area contributed by atoms with Gasteiger partial charge in [-0.1, -0.05) is 19.9 Å². The number of hydrogen-bond donors (Lipinski definition) is 1. The van der Waals surface area contributed by atoms with E-state index in [4.69, 9.17) is 5.11 Å². The first-order valence-electron chi connectivity index (χ1n) is 4.50. The first-order chi connectivity index (χ1) is 6.45. The zero-order valence-electron chi connectivity index (χ0n) is 9.00. The molecule has 0 heterocycles. The fourth-order valence-corrected chi connectivity index (χ4v) is 0.612. The molecule has 0 aliphatic heterocycles. The molecule has 0 fully saturated rings. The average molecular weight is 202 g/mol. The SMILES string of the molecule is C=C(CCC)C(=O)O.CCOC(C)=O. The van der Waals surface area contributed by atoms with Gasteiger partial charge in [0.1, 0.15) is 0 Å². The molecular weight excluding hydrogens is 184 g/mol. The van der Waals surface area contributed by atoms with E-state index in [0.29, 0.717) is 18.6 Å². The second-order valence-electron chi connectivity index (χ2n) is 2.58. The molecule has 0 saturated heterocycles. The third-order valence-electron chi connectivity index (χ3n) is 1.20. The number of hydrogen-bond acceptors (Lipinski definition) is 3. The van der Waals surface area contributed by atoms with Crippen molar-refractivity contribution in [1.29, 1.82) is 0 Å². The van der Waals surface area contributed by atoms with Crippen molar-refractivity contribution in [3.8, 4) is 0 Å². The van der Waals surface area contributed by atoms with Crippen LogP contribution in [0.25, 0.3) is 0 Å². The van der Waals surface area contributed by atoms with Gasteiger partial charge < -0.3 is 9.84 Å². The summed E-state index contributed by atoms with van der Waals surface area (Å²) in [7, 11) is 0. The van der Waals surface area contributed by atoms with Crippen molar-refractivity contribution in [2.45, 2.75) is 33.6 Å². The summed E-state index contributed by atoms with van der Waals surface area (Å²) < 4.78 is 4.40. The fourth-order valence-electron chi connectivity index (χ4n) is 0.612. The number of carboxylic acid groups (broad SMARTS) is 1. The molecule has 0 aliphatic carbocycles. The van der Waals surface area contributed by atoms with Crippen molar-refractivity contribution in [2.24, 2.45) is 0 Å². The van der Waals surface area contributed by atoms with Gasteiger partial charge in [0.25, 0.3) is 0 Å². The molecular formula is C10H18O4. The zero-order chi connectivity index (χ0) is 11.6. The number of carbonyl (C=O) groups is 2. The van der Waals surface area contributed by atoms with E-state index in [1.54, 1.807) is 6.92 Å². The summed E-state index contributed by atoms with van der Waals surface area (Å²) in [4.78, 5) is 19.8. The van der Waals surface area contributed by atoms with Gasteiger partial charge in [-0.3, -0.25) is 4.79 Å². The van der Waals surface area contributed by atoms with Gasteiger partial charge in [0.2, 0.25) is 0 Å². The monoisotopic (exact) mass is 202 g/mol. The molecule has 0 aromatic rings. The number of rotatable bonds is 4. The van der Waals surface area contributed by atoms with Crippen LogP contribution in [0.15, 0.2) is 12.2 Å². The zero-order valence-corrected chi connectivity index (χ0v) is 9.00. The highest BCUT2D eigenvalue weighted by Gasteiger charge is 1.99. The van der Waals surface area contributed by atoms with Crippen LogP contribution >= 0.6 is 0 Å². The van der Waals surface area contributed by atoms with Gasteiger partial charge in [0, 0.05) is 12.5 Å². The van der Waals surface area contributed by atoms with Crippen molar-refractivity contribution in [2.75, 3.05) is 6.61 Å². The highest BCUT2D eigenvalue weighted by atomic mass is 16.5. The van der Waals surface area contributed by atoms with Crippen LogP contribution in [0.1, 0.15) is 33.6 Å². The van der Waals surface area contributed by atoms with Gasteiger partial charge in [-0.15, -0.1) is 0 Å². The predicted molar refractivity (Wildman–Crippen MR) is 54.0 cm³/mol. The Labute approximate surface area is 84.6 Å². The van der Waals surface area contributed by atoms with Gasteiger partial charge >= 0.3 is 11.9 Å². The Morgan fingerprint density at radius 2 is 1.86 bits per heavy atom. The third-order valence-corrected chi connectivity index (χ3v) is 1.20. The van der Waals surface area contributed by atoms with Crippen LogP contribution in [0, 0.1) is 0 Å². The molecule has 0 amide bonds. The van der Waals surface area contributed by atoms with Gasteiger partial charge in [-0.2, -0.15) is 0 Å². The maximum absolute atomic E-state index is 9.99. The van der Waals surface area contributed by atoms with E-state index in [-0.39, 0.29) is 5.97 Å². The topological polar surface area (TPSA) is 63.6 Å². The number of carbonyl (C=O) groups excluding carboxylic acids is 1. The summed E-state index contributed by atoms with van der Waals surface area (Å²) in [5.74, 6) is -1.09. The Balaban J connectivity index is 0. The summed E-state index contributed by atoms with van der Waals surface area (Å²) in [5.41, 5.74) is 0.299. The number of esters is 1. The molecule has 0 aromatic heterocycles. The molecule has 0 saturated carbocycles. The second kappa shape index (κ2) is 9.77. The lowest BCUT2D eigenvalue weighted by atomic mass is 10.2. The molecule has 0 aliphatic rings. The van der Waals surface area contributed by atoms with E-state index < -0.39 is 5.97 Å². The predicted octanol–water partition coefficient (Wildman–Crippen LogP) is 2.00. The first kappa shape index (κ1) is 15.2. The van der Waals surface area contributed by atoms with E-state index in [1.807, 2.05) is 6.92 Å². The lowest BCUT2D eigenvalue weighted by Gasteiger charge is -1.92. The van der Waals surface area contributed by atoms with Crippen LogP contribution in [0.2, 0.25) is 0 Å². The van der Waals surface area contributed by atoms with E-state index in [2.05, 4.69) is 11.3 Å². The minimum absolute atomic E-state index is 0.211. The summed E-state index contributed by atoms with van der Waals surface area (Å²) in [6, 6.07) is 0. The van der Waals surface area contributed by atoms with Gasteiger partial charge in [0.15, 0.2) is 0 Å². The molecule has 0 atom stereocenters. The fraction of sp³-hybridized carbons (Fsp3) is 0.600. The van der Waals surface area contributed by atoms with Crippen molar-refractivity contribution in [3.05, 3.63) is 12.2 Å². The molecule has 1 N–H and O–H groups in total. The lowest BCUT2D eigenvalue weighted by molar-refractivity contribution is -0.140. The summed E-state index contributed by atoms with van der Waals surface area (Å²) in [5, 5.41) is 8.21. The molecule has 82 valence electrons. The van der Waals surface area contributed by atoms with E-state index in [9.17, 15) is 9.59 Å². The van der Waals surface area contributed by atoms with Gasteiger partial charge in [-0.25, -0.2) is 4.79 Å². The third kappa shape index (κ3) is 13.3. The Hall–Kier alpha value is -1.32. The van der Waals surface area contributed by atoms with Crippen LogP contribution in [-0.4, -0.2) is 23.7 Å². The molecule has 0 bridgehead atoms. The quantitative estimate of drug-likeness (QED) is 0.559. The van der Waals surface area contributed by atoms with Crippen molar-refractivity contribution in [1.82, 2.24) is 0 Å². The molecule has 0 unspecified atom stereocenters. The molecule has 0 rings (SSSR count). The van der Waals surface area contributed by atoms with Crippen molar-refractivity contribution in [3.63, 3.8) is 0 Å². The molecule has 14 heavy (non-hydrogen) atoms. The Morgan fingerprint density at radius 1 is 1.36 bits per heavy atom. The number of aliphatic carboxylic acids is 1. The van der Waals surface area contributed by atoms with Crippen LogP contribution < -0.4 is 0 Å². The Kier molecular flexibility index (Phi) is 10.6. The largest absolute Gasteiger partial charge is 0.478 e. The molecule has 0 aromatic carbocycles. The minimum atomic E-state index is -0.883. The molecule has 0 spiro atoms. The molecule has 4 nitrogen and oxygen atoms in total. The van der Waals surface area contributed by atoms with Gasteiger partial charge in [0.05, 0.1) is 6.61 Å². The Morgan fingerprint density at radius 3 is 1.93 bits per heavy atom. The van der Waals surface area contributed by atoms with E-state index >= 15 is 0 Å². The highest BCUT2D eigenvalue weighted by molar-refractivity contribution is 5.85. The molecule has 4 heteroatoms. The van der Waals surface area contributed by atoms with E-state index in [1.165, 1.54) is 6.92 Å². The maximum Gasteiger partial charge on any atom is 0.330 e. The lowest BCUT2D eigenvalue weighted by Crippen LogP contribution is -1.97. The van der Waals surface area contributed by atoms with Gasteiger partial charge in [-0.05, 0) is 13.3 Å². The van der Waals surface area contributed by atoms with Crippen LogP contribution in [0.3, 0.4) is 0 Å². The summed E-state index contributed by atoms with van der Waals surface area (Å²) in [6.07, 6.45) is 1.44. The molecule has 0 radical (unpaired) electrons. The van der Waals surface area contributed by atoms with Crippen LogP contribution in [0.5, 0.6) is 0 Å². The second-order valence-corrected chi connectivity index (χ2v) is 2.58. The standard InChI is InChI=1S/C6H10O2.C4H8O2/c1-3-4-5(2)6(7)8;1-3-6-4(2)5/h2-4H2,1H3,(H,7,8);3H2,1-2H3. The van der Waals surface area contributed by atoms with Crippen LogP contribution in [0.4, 0.5) is 0 Å². The summed E-state index contributed by atoms with van der Waals surface area (Å²) >= 11 is 0. The smallest absolute Gasteiger partial charge is 0.330 e. The summed E-state index contributed by atoms with van der Waals surface area (Å²) in [6.45, 7) is 8.92. The maximum atomic E-state index is 9.99. The van der Waals surface area contributed by atoms with Crippen molar-refractivity contribution < 1.29 is 19.4 Å².